The first-order valence-electron chi connectivity index (χ1n) is 9.86. The third-order valence-corrected chi connectivity index (χ3v) is 5.12. The number of rotatable bonds is 5. The molecule has 0 saturated carbocycles. The number of carbonyl (C=O) groups excluding carboxylic acids is 1. The molecule has 9 nitrogen and oxygen atoms in total. The fourth-order valence-electron chi connectivity index (χ4n) is 3.49. The Bertz CT molecular complexity index is 1160. The van der Waals surface area contributed by atoms with Gasteiger partial charge in [-0.05, 0) is 30.3 Å². The lowest BCUT2D eigenvalue weighted by molar-refractivity contribution is -0.135. The van der Waals surface area contributed by atoms with E-state index in [4.69, 9.17) is 9.26 Å². The summed E-state index contributed by atoms with van der Waals surface area (Å²) in [7, 11) is 0. The highest BCUT2D eigenvalue weighted by Crippen LogP contribution is 2.24. The first-order chi connectivity index (χ1) is 14.8. The van der Waals surface area contributed by atoms with Gasteiger partial charge in [-0.1, -0.05) is 28.6 Å². The quantitative estimate of drug-likeness (QED) is 0.504. The molecule has 0 atom stereocenters. The molecule has 1 saturated heterocycles. The molecule has 0 unspecified atom stereocenters. The molecular weight excluding hydrogens is 384 g/mol. The van der Waals surface area contributed by atoms with Gasteiger partial charge in [0.25, 0.3) is 5.89 Å². The van der Waals surface area contributed by atoms with E-state index in [1.165, 1.54) is 0 Å². The largest absolute Gasteiger partial charge is 0.378 e. The molecule has 9 heteroatoms. The van der Waals surface area contributed by atoms with Gasteiger partial charge in [-0.15, -0.1) is 5.10 Å². The number of morpholine rings is 1. The molecule has 2 aromatic carbocycles. The summed E-state index contributed by atoms with van der Waals surface area (Å²) in [6, 6.07) is 15.3. The summed E-state index contributed by atoms with van der Waals surface area (Å²) < 4.78 is 12.4. The molecule has 152 valence electrons. The SMILES string of the molecule is O=C(CCn1nnc2cc(-c3noc(-c4ccccc4)n3)ccc21)N1CCOCC1. The number of fused-ring (bicyclic) bond motifs is 1. The van der Waals surface area contributed by atoms with E-state index < -0.39 is 0 Å². The van der Waals surface area contributed by atoms with Crippen LogP contribution in [0.25, 0.3) is 33.9 Å². The van der Waals surface area contributed by atoms with Crippen molar-refractivity contribution in [1.29, 1.82) is 0 Å². The topological polar surface area (TPSA) is 99.2 Å². The molecule has 1 amide bonds. The molecule has 1 aliphatic rings. The Balaban J connectivity index is 1.31. The van der Waals surface area contributed by atoms with Gasteiger partial charge in [0.05, 0.1) is 25.3 Å². The third-order valence-electron chi connectivity index (χ3n) is 5.12. The normalized spacial score (nSPS) is 14.3. The van der Waals surface area contributed by atoms with Crippen LogP contribution in [0.15, 0.2) is 53.1 Å². The van der Waals surface area contributed by atoms with Crippen molar-refractivity contribution < 1.29 is 14.1 Å². The van der Waals surface area contributed by atoms with Crippen molar-refractivity contribution in [3.63, 3.8) is 0 Å². The highest BCUT2D eigenvalue weighted by atomic mass is 16.5. The lowest BCUT2D eigenvalue weighted by Gasteiger charge is -2.26. The van der Waals surface area contributed by atoms with E-state index in [1.807, 2.05) is 53.4 Å². The van der Waals surface area contributed by atoms with Crippen molar-refractivity contribution >= 4 is 16.9 Å². The van der Waals surface area contributed by atoms with E-state index >= 15 is 0 Å². The number of hydrogen-bond acceptors (Lipinski definition) is 7. The van der Waals surface area contributed by atoms with Crippen molar-refractivity contribution in [2.45, 2.75) is 13.0 Å². The highest BCUT2D eigenvalue weighted by molar-refractivity contribution is 5.80. The molecule has 3 heterocycles. The van der Waals surface area contributed by atoms with Crippen LogP contribution in [0.5, 0.6) is 0 Å². The second-order valence-electron chi connectivity index (χ2n) is 7.05. The van der Waals surface area contributed by atoms with E-state index in [2.05, 4.69) is 20.5 Å². The molecular formula is C21H20N6O3. The van der Waals surface area contributed by atoms with E-state index in [0.29, 0.717) is 51.0 Å². The van der Waals surface area contributed by atoms with E-state index in [9.17, 15) is 4.79 Å². The Morgan fingerprint density at radius 3 is 2.70 bits per heavy atom. The highest BCUT2D eigenvalue weighted by Gasteiger charge is 2.18. The van der Waals surface area contributed by atoms with Crippen molar-refractivity contribution in [3.05, 3.63) is 48.5 Å². The standard InChI is InChI=1S/C21H20N6O3/c28-19(26-10-12-29-13-11-26)8-9-27-18-7-6-16(14-17(18)23-25-27)20-22-21(30-24-20)15-4-2-1-3-5-15/h1-7,14H,8-13H2. The van der Waals surface area contributed by atoms with Gasteiger partial charge in [0.15, 0.2) is 0 Å². The first kappa shape index (κ1) is 18.4. The predicted octanol–water partition coefficient (Wildman–Crippen LogP) is 2.40. The van der Waals surface area contributed by atoms with Gasteiger partial charge in [-0.25, -0.2) is 4.68 Å². The third kappa shape index (κ3) is 3.67. The summed E-state index contributed by atoms with van der Waals surface area (Å²) >= 11 is 0. The number of aryl methyl sites for hydroxylation is 1. The van der Waals surface area contributed by atoms with Crippen LogP contribution in [-0.4, -0.2) is 62.2 Å². The Hall–Kier alpha value is -3.59. The lowest BCUT2D eigenvalue weighted by Crippen LogP contribution is -2.41. The minimum absolute atomic E-state index is 0.110. The van der Waals surface area contributed by atoms with E-state index in [-0.39, 0.29) is 5.91 Å². The number of aromatic nitrogens is 5. The second-order valence-corrected chi connectivity index (χ2v) is 7.05. The zero-order chi connectivity index (χ0) is 20.3. The smallest absolute Gasteiger partial charge is 0.258 e. The van der Waals surface area contributed by atoms with Crippen LogP contribution in [-0.2, 0) is 16.1 Å². The van der Waals surface area contributed by atoms with E-state index in [0.717, 1.165) is 22.2 Å². The maximum Gasteiger partial charge on any atom is 0.258 e. The zero-order valence-electron chi connectivity index (χ0n) is 16.3. The summed E-state index contributed by atoms with van der Waals surface area (Å²) in [5.74, 6) is 1.07. The van der Waals surface area contributed by atoms with Gasteiger partial charge in [-0.3, -0.25) is 4.79 Å². The Morgan fingerprint density at radius 2 is 1.87 bits per heavy atom. The molecule has 0 aliphatic carbocycles. The van der Waals surface area contributed by atoms with Crippen molar-refractivity contribution in [2.75, 3.05) is 26.3 Å². The van der Waals surface area contributed by atoms with Crippen molar-refractivity contribution in [2.24, 2.45) is 0 Å². The monoisotopic (exact) mass is 404 g/mol. The van der Waals surface area contributed by atoms with Crippen LogP contribution in [0.2, 0.25) is 0 Å². The Morgan fingerprint density at radius 1 is 1.03 bits per heavy atom. The van der Waals surface area contributed by atoms with Gasteiger partial charge >= 0.3 is 0 Å². The molecule has 0 spiro atoms. The Kier molecular flexibility index (Phi) is 4.94. The van der Waals surface area contributed by atoms with Crippen LogP contribution in [0.3, 0.4) is 0 Å². The molecule has 5 rings (SSSR count). The van der Waals surface area contributed by atoms with Gasteiger partial charge in [0.2, 0.25) is 11.7 Å². The van der Waals surface area contributed by atoms with Gasteiger partial charge in [0.1, 0.15) is 5.52 Å². The minimum Gasteiger partial charge on any atom is -0.378 e. The number of ether oxygens (including phenoxy) is 1. The van der Waals surface area contributed by atoms with E-state index in [1.54, 1.807) is 4.68 Å². The fourth-order valence-corrected chi connectivity index (χ4v) is 3.49. The van der Waals surface area contributed by atoms with Crippen LogP contribution in [0, 0.1) is 0 Å². The molecule has 1 fully saturated rings. The number of carbonyl (C=O) groups is 1. The summed E-state index contributed by atoms with van der Waals surface area (Å²) in [4.78, 5) is 18.7. The van der Waals surface area contributed by atoms with Gasteiger partial charge in [-0.2, -0.15) is 4.98 Å². The molecule has 4 aromatic rings. The van der Waals surface area contributed by atoms with Crippen LogP contribution >= 0.6 is 0 Å². The summed E-state index contributed by atoms with van der Waals surface area (Å²) in [6.45, 7) is 2.98. The summed E-state index contributed by atoms with van der Waals surface area (Å²) in [5.41, 5.74) is 3.25. The molecule has 0 bridgehead atoms. The van der Waals surface area contributed by atoms with Gasteiger partial charge < -0.3 is 14.2 Å². The zero-order valence-corrected chi connectivity index (χ0v) is 16.3. The summed E-state index contributed by atoms with van der Waals surface area (Å²) in [5, 5.41) is 12.5. The molecule has 2 aromatic heterocycles. The Labute approximate surface area is 172 Å². The lowest BCUT2D eigenvalue weighted by atomic mass is 10.2. The predicted molar refractivity (Wildman–Crippen MR) is 108 cm³/mol. The van der Waals surface area contributed by atoms with Crippen LogP contribution < -0.4 is 0 Å². The average Bonchev–Trinajstić information content (AvgIpc) is 3.46. The maximum atomic E-state index is 12.4. The van der Waals surface area contributed by atoms with Crippen molar-refractivity contribution in [3.8, 4) is 22.8 Å². The molecule has 1 aliphatic heterocycles. The molecule has 0 N–H and O–H groups in total. The molecule has 0 radical (unpaired) electrons. The average molecular weight is 404 g/mol. The minimum atomic E-state index is 0.110. The number of nitrogens with zero attached hydrogens (tertiary/aromatic N) is 6. The first-order valence-corrected chi connectivity index (χ1v) is 9.86. The van der Waals surface area contributed by atoms with Gasteiger partial charge in [0, 0.05) is 30.6 Å². The van der Waals surface area contributed by atoms with Crippen LogP contribution in [0.4, 0.5) is 0 Å². The fraction of sp³-hybridized carbons (Fsp3) is 0.286. The number of hydrogen-bond donors (Lipinski definition) is 0. The van der Waals surface area contributed by atoms with Crippen LogP contribution in [0.1, 0.15) is 6.42 Å². The van der Waals surface area contributed by atoms with Crippen molar-refractivity contribution in [1.82, 2.24) is 30.0 Å². The molecule has 30 heavy (non-hydrogen) atoms. The number of amides is 1. The maximum absolute atomic E-state index is 12.4. The second kappa shape index (κ2) is 8.03. The summed E-state index contributed by atoms with van der Waals surface area (Å²) in [6.07, 6.45) is 0.380. The number of benzene rings is 2.